The topological polar surface area (TPSA) is 94.2 Å². The van der Waals surface area contributed by atoms with Crippen molar-refractivity contribution in [2.45, 2.75) is 12.8 Å². The van der Waals surface area contributed by atoms with Gasteiger partial charge in [-0.2, -0.15) is 0 Å². The van der Waals surface area contributed by atoms with Crippen molar-refractivity contribution < 1.29 is 28.6 Å². The third-order valence-electron chi connectivity index (χ3n) is 5.37. The highest BCUT2D eigenvalue weighted by molar-refractivity contribution is 6.00. The van der Waals surface area contributed by atoms with E-state index in [-0.39, 0.29) is 17.7 Å². The number of piperidine rings is 1. The van der Waals surface area contributed by atoms with Crippen molar-refractivity contribution in [3.05, 3.63) is 53.6 Å². The molecule has 2 aromatic carbocycles. The lowest BCUT2D eigenvalue weighted by Crippen LogP contribution is -2.41. The van der Waals surface area contributed by atoms with Gasteiger partial charge in [0.2, 0.25) is 5.91 Å². The number of amides is 2. The number of anilines is 1. The monoisotopic (exact) mass is 426 g/mol. The summed E-state index contributed by atoms with van der Waals surface area (Å²) in [4.78, 5) is 38.9. The Morgan fingerprint density at radius 2 is 1.48 bits per heavy atom. The summed E-state index contributed by atoms with van der Waals surface area (Å²) in [6.07, 6.45) is 1.10. The Labute approximate surface area is 181 Å². The van der Waals surface area contributed by atoms with Gasteiger partial charge in [0.05, 0.1) is 26.9 Å². The van der Waals surface area contributed by atoms with Gasteiger partial charge < -0.3 is 24.4 Å². The van der Waals surface area contributed by atoms with E-state index in [0.717, 1.165) is 0 Å². The molecule has 2 amide bonds. The number of hydrogen-bond acceptors (Lipinski definition) is 6. The number of nitrogens with one attached hydrogen (secondary N) is 1. The number of rotatable bonds is 6. The first-order valence-electron chi connectivity index (χ1n) is 9.98. The van der Waals surface area contributed by atoms with Gasteiger partial charge in [-0.3, -0.25) is 9.59 Å². The van der Waals surface area contributed by atoms with Crippen LogP contribution in [0.5, 0.6) is 11.5 Å². The minimum atomic E-state index is -0.429. The predicted molar refractivity (Wildman–Crippen MR) is 115 cm³/mol. The minimum Gasteiger partial charge on any atom is -0.496 e. The van der Waals surface area contributed by atoms with Crippen molar-refractivity contribution in [1.29, 1.82) is 0 Å². The van der Waals surface area contributed by atoms with E-state index in [4.69, 9.17) is 9.47 Å². The summed E-state index contributed by atoms with van der Waals surface area (Å²) in [6.45, 7) is 0.915. The molecule has 8 heteroatoms. The van der Waals surface area contributed by atoms with Gasteiger partial charge in [-0.05, 0) is 49.2 Å². The maximum Gasteiger partial charge on any atom is 0.337 e. The molecule has 3 rings (SSSR count). The molecule has 8 nitrogen and oxygen atoms in total. The second-order valence-electron chi connectivity index (χ2n) is 7.16. The molecule has 0 bridgehead atoms. The molecule has 1 heterocycles. The first-order valence-corrected chi connectivity index (χ1v) is 9.98. The molecule has 1 saturated heterocycles. The molecule has 1 N–H and O–H groups in total. The molecular weight excluding hydrogens is 400 g/mol. The summed E-state index contributed by atoms with van der Waals surface area (Å²) in [5.41, 5.74) is 1.41. The molecule has 1 fully saturated rings. The van der Waals surface area contributed by atoms with E-state index < -0.39 is 5.97 Å². The maximum atomic E-state index is 13.1. The first kappa shape index (κ1) is 22.1. The largest absolute Gasteiger partial charge is 0.496 e. The number of carbonyl (C=O) groups excluding carboxylic acids is 3. The van der Waals surface area contributed by atoms with Gasteiger partial charge in [-0.1, -0.05) is 6.07 Å². The van der Waals surface area contributed by atoms with E-state index in [9.17, 15) is 14.4 Å². The zero-order valence-electron chi connectivity index (χ0n) is 17.8. The van der Waals surface area contributed by atoms with Gasteiger partial charge in [-0.15, -0.1) is 0 Å². The van der Waals surface area contributed by atoms with Gasteiger partial charge in [-0.25, -0.2) is 4.79 Å². The van der Waals surface area contributed by atoms with Crippen molar-refractivity contribution >= 4 is 23.5 Å². The normalized spacial score (nSPS) is 14.0. The lowest BCUT2D eigenvalue weighted by Gasteiger charge is -2.32. The van der Waals surface area contributed by atoms with Crippen LogP contribution in [0.15, 0.2) is 42.5 Å². The fraction of sp³-hybridized carbons (Fsp3) is 0.348. The van der Waals surface area contributed by atoms with Crippen molar-refractivity contribution in [3.8, 4) is 11.5 Å². The molecule has 31 heavy (non-hydrogen) atoms. The van der Waals surface area contributed by atoms with Crippen LogP contribution in [0, 0.1) is 5.92 Å². The number of benzene rings is 2. The zero-order chi connectivity index (χ0) is 22.4. The average molecular weight is 426 g/mol. The van der Waals surface area contributed by atoms with E-state index in [1.165, 1.54) is 21.3 Å². The molecule has 1 aliphatic heterocycles. The zero-order valence-corrected chi connectivity index (χ0v) is 17.8. The quantitative estimate of drug-likeness (QED) is 0.714. The van der Waals surface area contributed by atoms with Crippen LogP contribution in [0.3, 0.4) is 0 Å². The Kier molecular flexibility index (Phi) is 7.12. The van der Waals surface area contributed by atoms with Gasteiger partial charge in [0.15, 0.2) is 0 Å². The SMILES string of the molecule is COC(=O)c1ccc(NC(=O)C2CCN(C(=O)c3c(OC)cccc3OC)CC2)cc1. The summed E-state index contributed by atoms with van der Waals surface area (Å²) in [5.74, 6) is 0.00377. The van der Waals surface area contributed by atoms with Crippen LogP contribution in [0.4, 0.5) is 5.69 Å². The van der Waals surface area contributed by atoms with E-state index in [0.29, 0.717) is 54.2 Å². The predicted octanol–water partition coefficient (Wildman–Crippen LogP) is 2.98. The molecular formula is C23H26N2O6. The Hall–Kier alpha value is -3.55. The Balaban J connectivity index is 1.60. The molecule has 0 aromatic heterocycles. The molecule has 0 aliphatic carbocycles. The maximum absolute atomic E-state index is 13.1. The average Bonchev–Trinajstić information content (AvgIpc) is 2.83. The lowest BCUT2D eigenvalue weighted by molar-refractivity contribution is -0.121. The van der Waals surface area contributed by atoms with Gasteiger partial charge in [0.1, 0.15) is 17.1 Å². The van der Waals surface area contributed by atoms with Crippen LogP contribution in [-0.2, 0) is 9.53 Å². The molecule has 164 valence electrons. The molecule has 2 aromatic rings. The highest BCUT2D eigenvalue weighted by Crippen LogP contribution is 2.31. The lowest BCUT2D eigenvalue weighted by atomic mass is 9.95. The summed E-state index contributed by atoms with van der Waals surface area (Å²) in [5, 5.41) is 2.87. The third kappa shape index (κ3) is 4.96. The Morgan fingerprint density at radius 1 is 0.903 bits per heavy atom. The van der Waals surface area contributed by atoms with E-state index in [1.807, 2.05) is 0 Å². The highest BCUT2D eigenvalue weighted by atomic mass is 16.5. The molecule has 0 radical (unpaired) electrons. The smallest absolute Gasteiger partial charge is 0.337 e. The number of likely N-dealkylation sites (tertiary alicyclic amines) is 1. The number of esters is 1. The number of hydrogen-bond donors (Lipinski definition) is 1. The van der Waals surface area contributed by atoms with Crippen molar-refractivity contribution in [2.75, 3.05) is 39.7 Å². The molecule has 1 aliphatic rings. The number of nitrogens with zero attached hydrogens (tertiary/aromatic N) is 1. The van der Waals surface area contributed by atoms with Crippen molar-refractivity contribution in [1.82, 2.24) is 4.90 Å². The van der Waals surface area contributed by atoms with Gasteiger partial charge in [0.25, 0.3) is 5.91 Å². The minimum absolute atomic E-state index is 0.104. The van der Waals surface area contributed by atoms with Crippen LogP contribution >= 0.6 is 0 Å². The van der Waals surface area contributed by atoms with Crippen LogP contribution in [-0.4, -0.2) is 57.1 Å². The van der Waals surface area contributed by atoms with Crippen LogP contribution in [0.25, 0.3) is 0 Å². The molecule has 0 saturated carbocycles. The number of methoxy groups -OCH3 is 3. The fourth-order valence-corrected chi connectivity index (χ4v) is 3.62. The molecule has 0 unspecified atom stereocenters. The second-order valence-corrected chi connectivity index (χ2v) is 7.16. The van der Waals surface area contributed by atoms with Crippen molar-refractivity contribution in [3.63, 3.8) is 0 Å². The van der Waals surface area contributed by atoms with E-state index >= 15 is 0 Å². The third-order valence-corrected chi connectivity index (χ3v) is 5.37. The van der Waals surface area contributed by atoms with Crippen LogP contribution in [0.2, 0.25) is 0 Å². The van der Waals surface area contributed by atoms with Gasteiger partial charge >= 0.3 is 5.97 Å². The number of ether oxygens (including phenoxy) is 3. The number of carbonyl (C=O) groups is 3. The highest BCUT2D eigenvalue weighted by Gasteiger charge is 2.30. The fourth-order valence-electron chi connectivity index (χ4n) is 3.62. The van der Waals surface area contributed by atoms with Crippen molar-refractivity contribution in [2.24, 2.45) is 5.92 Å². The second kappa shape index (κ2) is 9.97. The van der Waals surface area contributed by atoms with Gasteiger partial charge in [0, 0.05) is 24.7 Å². The Morgan fingerprint density at radius 3 is 2.00 bits per heavy atom. The van der Waals surface area contributed by atoms with E-state index in [2.05, 4.69) is 10.1 Å². The summed E-state index contributed by atoms with van der Waals surface area (Å²) < 4.78 is 15.3. The standard InChI is InChI=1S/C23H26N2O6/c1-29-18-5-4-6-19(30-2)20(18)22(27)25-13-11-15(12-14-25)21(26)24-17-9-7-16(8-10-17)23(28)31-3/h4-10,15H,11-14H2,1-3H3,(H,24,26). The summed E-state index contributed by atoms with van der Waals surface area (Å²) in [7, 11) is 4.35. The van der Waals surface area contributed by atoms with Crippen LogP contribution in [0.1, 0.15) is 33.6 Å². The molecule has 0 spiro atoms. The summed E-state index contributed by atoms with van der Waals surface area (Å²) >= 11 is 0. The van der Waals surface area contributed by atoms with Crippen LogP contribution < -0.4 is 14.8 Å². The molecule has 0 atom stereocenters. The van der Waals surface area contributed by atoms with E-state index in [1.54, 1.807) is 47.4 Å². The Bertz CT molecular complexity index is 927. The first-order chi connectivity index (χ1) is 15.0. The summed E-state index contributed by atoms with van der Waals surface area (Å²) in [6, 6.07) is 11.7.